The Kier molecular flexibility index (Phi) is 8.00. The molecule has 2 aliphatic rings. The van der Waals surface area contributed by atoms with Crippen molar-refractivity contribution in [1.82, 2.24) is 20.0 Å². The van der Waals surface area contributed by atoms with Crippen LogP contribution in [0.4, 0.5) is 13.2 Å². The number of rotatable bonds is 5. The van der Waals surface area contributed by atoms with Crippen LogP contribution in [-0.2, 0) is 40.8 Å². The summed E-state index contributed by atoms with van der Waals surface area (Å²) in [5.74, 6) is -0.0255. The van der Waals surface area contributed by atoms with E-state index in [0.29, 0.717) is 38.8 Å². The summed E-state index contributed by atoms with van der Waals surface area (Å²) in [5.41, 5.74) is 1.27. The molecule has 1 fully saturated rings. The van der Waals surface area contributed by atoms with Crippen molar-refractivity contribution in [3.05, 3.63) is 39.3 Å². The molecule has 1 N–H and O–H groups in total. The predicted octanol–water partition coefficient (Wildman–Crippen LogP) is 4.19. The Morgan fingerprint density at radius 3 is 2.69 bits per heavy atom. The van der Waals surface area contributed by atoms with Crippen molar-refractivity contribution >= 4 is 17.2 Å². The number of aromatic nitrogens is 2. The highest BCUT2D eigenvalue weighted by Gasteiger charge is 2.45. The van der Waals surface area contributed by atoms with E-state index >= 15 is 0 Å². The van der Waals surface area contributed by atoms with E-state index in [1.165, 1.54) is 6.07 Å². The van der Waals surface area contributed by atoms with Crippen molar-refractivity contribution in [1.29, 1.82) is 0 Å². The summed E-state index contributed by atoms with van der Waals surface area (Å²) in [4.78, 5) is 13.9. The van der Waals surface area contributed by atoms with Gasteiger partial charge in [0.1, 0.15) is 10.5 Å². The lowest BCUT2D eigenvalue weighted by molar-refractivity contribution is -0.134. The summed E-state index contributed by atoms with van der Waals surface area (Å²) in [6, 6.07) is 1.31. The van der Waals surface area contributed by atoms with Crippen molar-refractivity contribution in [2.75, 3.05) is 26.7 Å². The van der Waals surface area contributed by atoms with Crippen molar-refractivity contribution in [3.8, 4) is 0 Å². The standard InChI is InChI=1S/C20H25F3N4O2S.C2H6/c1-24-17(28)2-6-27-13-14(11-25-27)12-26-7-4-19(5-8-26)18-15(3-9-29-19)10-16(30-18)20(21,22)23;1-2/h10-11,13H,2-9,12H2,1H3,(H,24,28);1-2H3. The van der Waals surface area contributed by atoms with E-state index in [4.69, 9.17) is 4.74 Å². The molecule has 0 unspecified atom stereocenters. The molecule has 1 spiro atoms. The molecule has 1 saturated heterocycles. The fraction of sp³-hybridized carbons (Fsp3) is 0.636. The summed E-state index contributed by atoms with van der Waals surface area (Å²) in [7, 11) is 1.61. The molecule has 0 radical (unpaired) electrons. The van der Waals surface area contributed by atoms with E-state index in [9.17, 15) is 18.0 Å². The Hall–Kier alpha value is -1.91. The van der Waals surface area contributed by atoms with Gasteiger partial charge >= 0.3 is 6.18 Å². The van der Waals surface area contributed by atoms with Gasteiger partial charge in [0.05, 0.1) is 12.8 Å². The molecule has 10 heteroatoms. The minimum Gasteiger partial charge on any atom is -0.369 e. The van der Waals surface area contributed by atoms with E-state index < -0.39 is 16.7 Å². The number of amides is 1. The Labute approximate surface area is 190 Å². The number of piperidine rings is 1. The number of thiophene rings is 1. The van der Waals surface area contributed by atoms with Crippen LogP contribution in [0.25, 0.3) is 0 Å². The van der Waals surface area contributed by atoms with Gasteiger partial charge in [-0.1, -0.05) is 13.8 Å². The molecule has 6 nitrogen and oxygen atoms in total. The molecule has 0 aliphatic carbocycles. The maximum absolute atomic E-state index is 13.2. The van der Waals surface area contributed by atoms with Gasteiger partial charge in [0, 0.05) is 56.3 Å². The average molecular weight is 473 g/mol. The largest absolute Gasteiger partial charge is 0.425 e. The third-order valence-electron chi connectivity index (χ3n) is 5.86. The fourth-order valence-corrected chi connectivity index (χ4v) is 5.49. The normalized spacial score (nSPS) is 18.1. The summed E-state index contributed by atoms with van der Waals surface area (Å²) in [6.45, 7) is 7.23. The van der Waals surface area contributed by atoms with Gasteiger partial charge in [-0.15, -0.1) is 11.3 Å². The molecule has 0 aromatic carbocycles. The van der Waals surface area contributed by atoms with Crippen LogP contribution in [0, 0.1) is 0 Å². The van der Waals surface area contributed by atoms with Gasteiger partial charge in [0.25, 0.3) is 0 Å². The van der Waals surface area contributed by atoms with Crippen molar-refractivity contribution < 1.29 is 22.7 Å². The zero-order valence-corrected chi connectivity index (χ0v) is 19.6. The van der Waals surface area contributed by atoms with Crippen LogP contribution < -0.4 is 5.32 Å². The number of hydrogen-bond acceptors (Lipinski definition) is 5. The van der Waals surface area contributed by atoms with Crippen molar-refractivity contribution in [2.45, 2.75) is 64.4 Å². The Bertz CT molecular complexity index is 901. The lowest BCUT2D eigenvalue weighted by Crippen LogP contribution is -2.45. The molecule has 0 bridgehead atoms. The molecule has 0 atom stereocenters. The van der Waals surface area contributed by atoms with Gasteiger partial charge in [-0.05, 0) is 30.9 Å². The number of hydrogen-bond donors (Lipinski definition) is 1. The first-order chi connectivity index (χ1) is 15.3. The number of nitrogens with one attached hydrogen (secondary N) is 1. The molecule has 2 aliphatic heterocycles. The molecule has 0 saturated carbocycles. The van der Waals surface area contributed by atoms with Crippen LogP contribution in [0.1, 0.15) is 54.0 Å². The summed E-state index contributed by atoms with van der Waals surface area (Å²) in [5, 5.41) is 6.90. The van der Waals surface area contributed by atoms with E-state index in [0.717, 1.165) is 47.0 Å². The quantitative estimate of drug-likeness (QED) is 0.709. The maximum atomic E-state index is 13.2. The Balaban J connectivity index is 0.00000141. The number of aryl methyl sites for hydroxylation is 1. The topological polar surface area (TPSA) is 59.4 Å². The number of likely N-dealkylation sites (tertiary alicyclic amines) is 1. The van der Waals surface area contributed by atoms with Gasteiger partial charge in [-0.2, -0.15) is 18.3 Å². The van der Waals surface area contributed by atoms with Gasteiger partial charge < -0.3 is 10.1 Å². The zero-order chi connectivity index (χ0) is 23.4. The lowest BCUT2D eigenvalue weighted by atomic mass is 9.85. The predicted molar refractivity (Wildman–Crippen MR) is 117 cm³/mol. The Morgan fingerprint density at radius 1 is 1.31 bits per heavy atom. The number of fused-ring (bicyclic) bond motifs is 2. The fourth-order valence-electron chi connectivity index (χ4n) is 4.22. The van der Waals surface area contributed by atoms with Crippen LogP contribution >= 0.6 is 11.3 Å². The van der Waals surface area contributed by atoms with Crippen LogP contribution in [0.5, 0.6) is 0 Å². The minimum atomic E-state index is -4.30. The number of alkyl halides is 3. The third kappa shape index (κ3) is 5.52. The van der Waals surface area contributed by atoms with Crippen LogP contribution in [-0.4, -0.2) is 47.3 Å². The Morgan fingerprint density at radius 2 is 2.03 bits per heavy atom. The van der Waals surface area contributed by atoms with Crippen molar-refractivity contribution in [3.63, 3.8) is 0 Å². The minimum absolute atomic E-state index is 0.0255. The SMILES string of the molecule is CC.CNC(=O)CCn1cc(CN2CCC3(CC2)OCCc2cc(C(F)(F)F)sc23)cn1. The third-order valence-corrected chi connectivity index (χ3v) is 7.26. The number of nitrogens with zero attached hydrogens (tertiary/aromatic N) is 3. The lowest BCUT2D eigenvalue weighted by Gasteiger charge is -2.43. The van der Waals surface area contributed by atoms with Gasteiger partial charge in [0.2, 0.25) is 5.91 Å². The van der Waals surface area contributed by atoms with Crippen LogP contribution in [0.3, 0.4) is 0 Å². The molecule has 4 rings (SSSR count). The molecule has 178 valence electrons. The highest BCUT2D eigenvalue weighted by atomic mass is 32.1. The molecular weight excluding hydrogens is 441 g/mol. The van der Waals surface area contributed by atoms with E-state index in [-0.39, 0.29) is 5.91 Å². The first-order valence-electron chi connectivity index (χ1n) is 11.1. The molecular formula is C22H31F3N4O2S. The second-order valence-corrected chi connectivity index (χ2v) is 8.92. The summed E-state index contributed by atoms with van der Waals surface area (Å²) in [6.07, 6.45) is 1.73. The second-order valence-electron chi connectivity index (χ2n) is 7.87. The first kappa shape index (κ1) is 24.7. The second kappa shape index (κ2) is 10.4. The highest BCUT2D eigenvalue weighted by molar-refractivity contribution is 7.12. The average Bonchev–Trinajstić information content (AvgIpc) is 3.43. The first-order valence-corrected chi connectivity index (χ1v) is 11.9. The number of ether oxygens (including phenoxy) is 1. The smallest absolute Gasteiger partial charge is 0.369 e. The number of halogens is 3. The molecule has 1 amide bonds. The zero-order valence-electron chi connectivity index (χ0n) is 18.8. The van der Waals surface area contributed by atoms with Gasteiger partial charge in [-0.3, -0.25) is 14.4 Å². The van der Waals surface area contributed by atoms with Crippen molar-refractivity contribution in [2.24, 2.45) is 0 Å². The van der Waals surface area contributed by atoms with Crippen LogP contribution in [0.2, 0.25) is 0 Å². The molecule has 4 heterocycles. The monoisotopic (exact) mass is 472 g/mol. The number of carbonyl (C=O) groups excluding carboxylic acids is 1. The van der Waals surface area contributed by atoms with E-state index in [1.807, 2.05) is 20.0 Å². The summed E-state index contributed by atoms with van der Waals surface area (Å²) < 4.78 is 47.4. The molecule has 2 aromatic heterocycles. The van der Waals surface area contributed by atoms with Crippen LogP contribution in [0.15, 0.2) is 18.5 Å². The van der Waals surface area contributed by atoms with E-state index in [2.05, 4.69) is 15.3 Å². The summed E-state index contributed by atoms with van der Waals surface area (Å²) >= 11 is 0.851. The highest BCUT2D eigenvalue weighted by Crippen LogP contribution is 2.48. The number of carbonyl (C=O) groups is 1. The van der Waals surface area contributed by atoms with E-state index in [1.54, 1.807) is 17.9 Å². The molecule has 2 aromatic rings. The maximum Gasteiger partial charge on any atom is 0.425 e. The van der Waals surface area contributed by atoms with Gasteiger partial charge in [0.15, 0.2) is 0 Å². The van der Waals surface area contributed by atoms with Gasteiger partial charge in [-0.25, -0.2) is 0 Å². The molecule has 32 heavy (non-hydrogen) atoms.